The Morgan fingerprint density at radius 2 is 1.78 bits per heavy atom. The van der Waals surface area contributed by atoms with Gasteiger partial charge in [0.1, 0.15) is 6.10 Å². The molecule has 1 aliphatic heterocycles. The molecule has 2 N–H and O–H groups in total. The second-order valence-electron chi connectivity index (χ2n) is 5.13. The lowest BCUT2D eigenvalue weighted by atomic mass is 10.2. The number of nitrogens with one attached hydrogen (secondary N) is 2. The summed E-state index contributed by atoms with van der Waals surface area (Å²) in [6, 6.07) is 10.6. The van der Waals surface area contributed by atoms with Crippen LogP contribution < -0.4 is 10.6 Å². The van der Waals surface area contributed by atoms with Crippen LogP contribution in [0.3, 0.4) is 0 Å². The van der Waals surface area contributed by atoms with Crippen molar-refractivity contribution in [3.05, 3.63) is 45.1 Å². The Kier molecular flexibility index (Phi) is 5.09. The van der Waals surface area contributed by atoms with E-state index in [0.29, 0.717) is 22.9 Å². The summed E-state index contributed by atoms with van der Waals surface area (Å²) >= 11 is 4.71. The molecular formula is C16H15BrN2O3S. The fourth-order valence-corrected chi connectivity index (χ4v) is 3.55. The van der Waals surface area contributed by atoms with E-state index >= 15 is 0 Å². The number of benzene rings is 1. The molecule has 1 aliphatic rings. The van der Waals surface area contributed by atoms with Crippen LogP contribution in [-0.2, 0) is 9.53 Å². The molecule has 0 aliphatic carbocycles. The van der Waals surface area contributed by atoms with E-state index in [2.05, 4.69) is 26.6 Å². The van der Waals surface area contributed by atoms with Gasteiger partial charge in [-0.25, -0.2) is 0 Å². The van der Waals surface area contributed by atoms with Gasteiger partial charge in [-0.1, -0.05) is 0 Å². The van der Waals surface area contributed by atoms with Gasteiger partial charge in [-0.3, -0.25) is 9.59 Å². The molecule has 2 aromatic rings. The normalized spacial score (nSPS) is 17.0. The van der Waals surface area contributed by atoms with Gasteiger partial charge in [-0.15, -0.1) is 11.3 Å². The number of rotatable bonds is 4. The molecule has 0 radical (unpaired) electrons. The highest BCUT2D eigenvalue weighted by molar-refractivity contribution is 9.11. The number of ether oxygens (including phenoxy) is 1. The first-order chi connectivity index (χ1) is 11.1. The predicted molar refractivity (Wildman–Crippen MR) is 94.0 cm³/mol. The third-order valence-corrected chi connectivity index (χ3v) is 5.05. The van der Waals surface area contributed by atoms with Gasteiger partial charge in [0.15, 0.2) is 0 Å². The molecule has 0 unspecified atom stereocenters. The van der Waals surface area contributed by atoms with Crippen LogP contribution in [0.5, 0.6) is 0 Å². The molecule has 5 nitrogen and oxygen atoms in total. The Labute approximate surface area is 146 Å². The molecular weight excluding hydrogens is 380 g/mol. The third kappa shape index (κ3) is 4.19. The molecule has 0 spiro atoms. The van der Waals surface area contributed by atoms with Crippen molar-refractivity contribution in [3.8, 4) is 0 Å². The van der Waals surface area contributed by atoms with Crippen molar-refractivity contribution in [2.24, 2.45) is 0 Å². The van der Waals surface area contributed by atoms with Crippen LogP contribution in [0.1, 0.15) is 22.5 Å². The van der Waals surface area contributed by atoms with Gasteiger partial charge in [-0.05, 0) is 65.2 Å². The Morgan fingerprint density at radius 1 is 1.09 bits per heavy atom. The van der Waals surface area contributed by atoms with E-state index in [9.17, 15) is 9.59 Å². The fourth-order valence-electron chi connectivity index (χ4n) is 2.27. The van der Waals surface area contributed by atoms with Crippen LogP contribution in [0.4, 0.5) is 11.4 Å². The van der Waals surface area contributed by atoms with E-state index in [0.717, 1.165) is 16.6 Å². The largest absolute Gasteiger partial charge is 0.368 e. The number of carbonyl (C=O) groups excluding carboxylic acids is 2. The van der Waals surface area contributed by atoms with E-state index in [1.807, 2.05) is 6.07 Å². The average Bonchev–Trinajstić information content (AvgIpc) is 3.20. The van der Waals surface area contributed by atoms with Gasteiger partial charge < -0.3 is 15.4 Å². The highest BCUT2D eigenvalue weighted by atomic mass is 79.9. The molecule has 1 aromatic carbocycles. The van der Waals surface area contributed by atoms with Gasteiger partial charge >= 0.3 is 0 Å². The summed E-state index contributed by atoms with van der Waals surface area (Å²) in [5.41, 5.74) is 1.36. The van der Waals surface area contributed by atoms with Crippen LogP contribution in [0.15, 0.2) is 40.2 Å². The summed E-state index contributed by atoms with van der Waals surface area (Å²) in [5.74, 6) is -0.278. The zero-order chi connectivity index (χ0) is 16.2. The molecule has 3 rings (SSSR count). The summed E-state index contributed by atoms with van der Waals surface area (Å²) < 4.78 is 6.25. The average molecular weight is 395 g/mol. The minimum Gasteiger partial charge on any atom is -0.368 e. The van der Waals surface area contributed by atoms with Gasteiger partial charge in [-0.2, -0.15) is 0 Å². The van der Waals surface area contributed by atoms with Crippen molar-refractivity contribution in [1.82, 2.24) is 0 Å². The van der Waals surface area contributed by atoms with Crippen molar-refractivity contribution in [3.63, 3.8) is 0 Å². The van der Waals surface area contributed by atoms with Gasteiger partial charge in [0.05, 0.1) is 8.66 Å². The van der Waals surface area contributed by atoms with Gasteiger partial charge in [0.2, 0.25) is 0 Å². The molecule has 1 atom stereocenters. The molecule has 23 heavy (non-hydrogen) atoms. The number of anilines is 2. The van der Waals surface area contributed by atoms with E-state index in [-0.39, 0.29) is 17.9 Å². The van der Waals surface area contributed by atoms with E-state index < -0.39 is 0 Å². The predicted octanol–water partition coefficient (Wildman–Crippen LogP) is 3.88. The van der Waals surface area contributed by atoms with Crippen molar-refractivity contribution in [2.45, 2.75) is 18.9 Å². The summed E-state index contributed by atoms with van der Waals surface area (Å²) in [7, 11) is 0. The Bertz CT molecular complexity index is 708. The van der Waals surface area contributed by atoms with Gasteiger partial charge in [0, 0.05) is 18.0 Å². The molecule has 2 heterocycles. The molecule has 2 amide bonds. The van der Waals surface area contributed by atoms with Crippen molar-refractivity contribution >= 4 is 50.5 Å². The Hall–Kier alpha value is -1.70. The monoisotopic (exact) mass is 394 g/mol. The number of thiophene rings is 1. The summed E-state index contributed by atoms with van der Waals surface area (Å²) in [6.45, 7) is 0.641. The van der Waals surface area contributed by atoms with E-state index in [4.69, 9.17) is 4.74 Å². The smallest absolute Gasteiger partial charge is 0.265 e. The molecule has 120 valence electrons. The Balaban J connectivity index is 1.58. The van der Waals surface area contributed by atoms with Crippen LogP contribution in [0, 0.1) is 0 Å². The van der Waals surface area contributed by atoms with Crippen LogP contribution >= 0.6 is 27.3 Å². The first-order valence-corrected chi connectivity index (χ1v) is 8.82. The number of hydrogen-bond acceptors (Lipinski definition) is 4. The van der Waals surface area contributed by atoms with Crippen molar-refractivity contribution in [2.75, 3.05) is 17.2 Å². The number of carbonyl (C=O) groups is 2. The highest BCUT2D eigenvalue weighted by Crippen LogP contribution is 2.23. The lowest BCUT2D eigenvalue weighted by molar-refractivity contribution is -0.124. The number of amides is 2. The standard InChI is InChI=1S/C16H15BrN2O3S/c17-14-8-7-13(23-14)16(21)19-11-5-3-10(4-6-11)18-15(20)12-2-1-9-22-12/h3-8,12H,1-2,9H2,(H,18,20)(H,19,21)/t12-/m1/s1. The molecule has 1 aromatic heterocycles. The quantitative estimate of drug-likeness (QED) is 0.826. The lowest BCUT2D eigenvalue weighted by Gasteiger charge is -2.11. The van der Waals surface area contributed by atoms with Crippen LogP contribution in [-0.4, -0.2) is 24.5 Å². The summed E-state index contributed by atoms with van der Waals surface area (Å²) in [5, 5.41) is 5.64. The highest BCUT2D eigenvalue weighted by Gasteiger charge is 2.23. The lowest BCUT2D eigenvalue weighted by Crippen LogP contribution is -2.26. The second-order valence-corrected chi connectivity index (χ2v) is 7.59. The maximum atomic E-state index is 12.1. The van der Waals surface area contributed by atoms with Crippen LogP contribution in [0.25, 0.3) is 0 Å². The first-order valence-electron chi connectivity index (χ1n) is 7.21. The van der Waals surface area contributed by atoms with E-state index in [1.54, 1.807) is 30.3 Å². The Morgan fingerprint density at radius 3 is 2.35 bits per heavy atom. The van der Waals surface area contributed by atoms with Crippen molar-refractivity contribution in [1.29, 1.82) is 0 Å². The molecule has 0 bridgehead atoms. The fraction of sp³-hybridized carbons (Fsp3) is 0.250. The first kappa shape index (κ1) is 16.2. The summed E-state index contributed by atoms with van der Waals surface area (Å²) in [4.78, 5) is 24.6. The maximum absolute atomic E-state index is 12.1. The summed E-state index contributed by atoms with van der Waals surface area (Å²) in [6.07, 6.45) is 1.32. The van der Waals surface area contributed by atoms with Gasteiger partial charge in [0.25, 0.3) is 11.8 Å². The van der Waals surface area contributed by atoms with E-state index in [1.165, 1.54) is 11.3 Å². The molecule has 1 fully saturated rings. The zero-order valence-electron chi connectivity index (χ0n) is 12.2. The molecule has 0 saturated carbocycles. The number of halogens is 1. The van der Waals surface area contributed by atoms with Crippen LogP contribution in [0.2, 0.25) is 0 Å². The molecule has 1 saturated heterocycles. The van der Waals surface area contributed by atoms with Crippen molar-refractivity contribution < 1.29 is 14.3 Å². The third-order valence-electron chi connectivity index (χ3n) is 3.43. The second kappa shape index (κ2) is 7.25. The maximum Gasteiger partial charge on any atom is 0.265 e. The SMILES string of the molecule is O=C(Nc1ccc(NC(=O)[C@H]2CCCO2)cc1)c1ccc(Br)s1. The topological polar surface area (TPSA) is 67.4 Å². The minimum absolute atomic E-state index is 0.122. The number of hydrogen-bond donors (Lipinski definition) is 2. The minimum atomic E-state index is -0.355. The molecule has 7 heteroatoms. The zero-order valence-corrected chi connectivity index (χ0v) is 14.6.